The van der Waals surface area contributed by atoms with Crippen molar-refractivity contribution in [2.75, 3.05) is 5.73 Å². The van der Waals surface area contributed by atoms with E-state index in [2.05, 4.69) is 9.97 Å². The van der Waals surface area contributed by atoms with Gasteiger partial charge in [0.25, 0.3) is 0 Å². The Morgan fingerprint density at radius 2 is 2.12 bits per heavy atom. The molecule has 0 saturated heterocycles. The van der Waals surface area contributed by atoms with Crippen LogP contribution in [-0.2, 0) is 0 Å². The number of allylic oxidation sites excluding steroid dienone is 1. The normalized spacial score (nSPS) is 10.7. The molecule has 16 heavy (non-hydrogen) atoms. The van der Waals surface area contributed by atoms with Crippen LogP contribution in [0.25, 0.3) is 17.1 Å². The average Bonchev–Trinajstić information content (AvgIpc) is 2.32. The van der Waals surface area contributed by atoms with Crippen LogP contribution in [0.2, 0.25) is 0 Å². The summed E-state index contributed by atoms with van der Waals surface area (Å²) in [5.41, 5.74) is 8.89. The summed E-state index contributed by atoms with van der Waals surface area (Å²) in [6.07, 6.45) is 7.20. The maximum Gasteiger partial charge on any atom is 0.0979 e. The van der Waals surface area contributed by atoms with Crippen molar-refractivity contribution >= 4 is 22.8 Å². The molecule has 1 aromatic carbocycles. The van der Waals surface area contributed by atoms with Gasteiger partial charge in [0.15, 0.2) is 0 Å². The molecule has 0 unspecified atom stereocenters. The topological polar surface area (TPSA) is 75.6 Å². The van der Waals surface area contributed by atoms with Crippen molar-refractivity contribution < 1.29 is 0 Å². The van der Waals surface area contributed by atoms with Crippen LogP contribution in [0.15, 0.2) is 30.6 Å². The molecule has 2 aromatic rings. The van der Waals surface area contributed by atoms with Gasteiger partial charge in [-0.05, 0) is 12.1 Å². The van der Waals surface area contributed by atoms with Crippen molar-refractivity contribution in [1.29, 1.82) is 5.26 Å². The highest BCUT2D eigenvalue weighted by atomic mass is 14.8. The van der Waals surface area contributed by atoms with E-state index in [1.165, 1.54) is 0 Å². The molecule has 4 heteroatoms. The van der Waals surface area contributed by atoms with E-state index in [0.29, 0.717) is 12.1 Å². The molecule has 4 nitrogen and oxygen atoms in total. The van der Waals surface area contributed by atoms with E-state index in [0.717, 1.165) is 16.6 Å². The fourth-order valence-corrected chi connectivity index (χ4v) is 1.48. The predicted molar refractivity (Wildman–Crippen MR) is 63.2 cm³/mol. The first-order valence-electron chi connectivity index (χ1n) is 4.85. The molecular weight excluding hydrogens is 200 g/mol. The number of nitrogen functional groups attached to an aromatic ring is 1. The molecule has 0 atom stereocenters. The van der Waals surface area contributed by atoms with Crippen LogP contribution in [0.5, 0.6) is 0 Å². The first-order chi connectivity index (χ1) is 7.83. The molecule has 2 N–H and O–H groups in total. The molecule has 0 amide bonds. The van der Waals surface area contributed by atoms with Crippen LogP contribution in [-0.4, -0.2) is 9.97 Å². The first-order valence-corrected chi connectivity index (χ1v) is 4.85. The molecule has 0 aliphatic carbocycles. The summed E-state index contributed by atoms with van der Waals surface area (Å²) in [6.45, 7) is 0. The standard InChI is InChI=1S/C12H10N4/c13-6-2-1-3-9-10(14)4-5-11-12(9)16-8-7-15-11/h1,3-5,7-8H,2,14H2. The third kappa shape index (κ3) is 1.84. The number of nitrogens with zero attached hydrogens (tertiary/aromatic N) is 3. The molecule has 0 spiro atoms. The molecule has 2 rings (SSSR count). The van der Waals surface area contributed by atoms with Crippen LogP contribution in [0.3, 0.4) is 0 Å². The molecular formula is C12H10N4. The summed E-state index contributed by atoms with van der Waals surface area (Å²) in [5.74, 6) is 0. The number of nitriles is 1. The predicted octanol–water partition coefficient (Wildman–Crippen LogP) is 2.14. The Bertz CT molecular complexity index is 581. The van der Waals surface area contributed by atoms with E-state index >= 15 is 0 Å². The highest BCUT2D eigenvalue weighted by Crippen LogP contribution is 2.22. The Balaban J connectivity index is 2.58. The zero-order chi connectivity index (χ0) is 11.4. The monoisotopic (exact) mass is 210 g/mol. The van der Waals surface area contributed by atoms with Crippen molar-refractivity contribution in [1.82, 2.24) is 9.97 Å². The Labute approximate surface area is 93.1 Å². The van der Waals surface area contributed by atoms with Gasteiger partial charge in [0.2, 0.25) is 0 Å². The molecule has 0 saturated carbocycles. The minimum absolute atomic E-state index is 0.357. The zero-order valence-corrected chi connectivity index (χ0v) is 8.59. The number of benzene rings is 1. The van der Waals surface area contributed by atoms with Crippen LogP contribution < -0.4 is 5.73 Å². The minimum Gasteiger partial charge on any atom is -0.398 e. The fourth-order valence-electron chi connectivity index (χ4n) is 1.48. The molecule has 0 bridgehead atoms. The van der Waals surface area contributed by atoms with Gasteiger partial charge >= 0.3 is 0 Å². The molecule has 1 heterocycles. The van der Waals surface area contributed by atoms with E-state index in [1.54, 1.807) is 24.5 Å². The van der Waals surface area contributed by atoms with Crippen LogP contribution in [0, 0.1) is 11.3 Å². The summed E-state index contributed by atoms with van der Waals surface area (Å²) < 4.78 is 0. The smallest absolute Gasteiger partial charge is 0.0979 e. The second-order valence-corrected chi connectivity index (χ2v) is 3.26. The van der Waals surface area contributed by atoms with E-state index in [1.807, 2.05) is 18.2 Å². The molecule has 0 aliphatic rings. The lowest BCUT2D eigenvalue weighted by Gasteiger charge is -2.03. The third-order valence-corrected chi connectivity index (χ3v) is 2.21. The Kier molecular flexibility index (Phi) is 2.79. The van der Waals surface area contributed by atoms with Gasteiger partial charge in [0, 0.05) is 23.6 Å². The molecule has 0 fully saturated rings. The summed E-state index contributed by atoms with van der Waals surface area (Å²) in [4.78, 5) is 8.44. The van der Waals surface area contributed by atoms with E-state index in [4.69, 9.17) is 11.0 Å². The van der Waals surface area contributed by atoms with Crippen LogP contribution >= 0.6 is 0 Å². The first kappa shape index (κ1) is 10.1. The second kappa shape index (κ2) is 4.41. The zero-order valence-electron chi connectivity index (χ0n) is 8.59. The van der Waals surface area contributed by atoms with Gasteiger partial charge in [0.1, 0.15) is 0 Å². The number of rotatable bonds is 2. The largest absolute Gasteiger partial charge is 0.398 e. The fraction of sp³-hybridized carbons (Fsp3) is 0.0833. The quantitative estimate of drug-likeness (QED) is 0.770. The summed E-state index contributed by atoms with van der Waals surface area (Å²) in [5, 5.41) is 8.47. The van der Waals surface area contributed by atoms with Crippen LogP contribution in [0.4, 0.5) is 5.69 Å². The van der Waals surface area contributed by atoms with Gasteiger partial charge in [-0.1, -0.05) is 12.2 Å². The lowest BCUT2D eigenvalue weighted by molar-refractivity contribution is 1.29. The Morgan fingerprint density at radius 1 is 1.31 bits per heavy atom. The highest BCUT2D eigenvalue weighted by Gasteiger charge is 2.03. The second-order valence-electron chi connectivity index (χ2n) is 3.26. The number of fused-ring (bicyclic) bond motifs is 1. The van der Waals surface area contributed by atoms with Crippen LogP contribution in [0.1, 0.15) is 12.0 Å². The molecule has 78 valence electrons. The van der Waals surface area contributed by atoms with Crippen molar-refractivity contribution in [3.63, 3.8) is 0 Å². The molecule has 1 aromatic heterocycles. The summed E-state index contributed by atoms with van der Waals surface area (Å²) >= 11 is 0. The van der Waals surface area contributed by atoms with Gasteiger partial charge < -0.3 is 5.73 Å². The SMILES string of the molecule is N#CCC=Cc1c(N)ccc2nccnc12. The summed E-state index contributed by atoms with van der Waals surface area (Å²) in [6, 6.07) is 5.67. The number of anilines is 1. The lowest BCUT2D eigenvalue weighted by atomic mass is 10.1. The van der Waals surface area contributed by atoms with E-state index in [-0.39, 0.29) is 0 Å². The van der Waals surface area contributed by atoms with Crippen molar-refractivity contribution in [3.8, 4) is 6.07 Å². The van der Waals surface area contributed by atoms with Gasteiger partial charge in [-0.25, -0.2) is 0 Å². The van der Waals surface area contributed by atoms with Gasteiger partial charge in [-0.2, -0.15) is 5.26 Å². The number of nitrogens with two attached hydrogens (primary N) is 1. The maximum absolute atomic E-state index is 8.47. The lowest BCUT2D eigenvalue weighted by Crippen LogP contribution is -1.93. The Morgan fingerprint density at radius 3 is 2.94 bits per heavy atom. The van der Waals surface area contributed by atoms with Gasteiger partial charge in [-0.15, -0.1) is 0 Å². The van der Waals surface area contributed by atoms with Gasteiger partial charge in [0.05, 0.1) is 23.5 Å². The maximum atomic E-state index is 8.47. The molecule has 0 radical (unpaired) electrons. The number of hydrogen-bond acceptors (Lipinski definition) is 4. The number of hydrogen-bond donors (Lipinski definition) is 1. The van der Waals surface area contributed by atoms with Gasteiger partial charge in [-0.3, -0.25) is 9.97 Å². The third-order valence-electron chi connectivity index (χ3n) is 2.21. The van der Waals surface area contributed by atoms with Crippen molar-refractivity contribution in [2.24, 2.45) is 0 Å². The average molecular weight is 210 g/mol. The van der Waals surface area contributed by atoms with E-state index in [9.17, 15) is 0 Å². The van der Waals surface area contributed by atoms with E-state index < -0.39 is 0 Å². The molecule has 0 aliphatic heterocycles. The minimum atomic E-state index is 0.357. The highest BCUT2D eigenvalue weighted by molar-refractivity contribution is 5.89. The Hall–Kier alpha value is -2.41. The summed E-state index contributed by atoms with van der Waals surface area (Å²) in [7, 11) is 0. The number of aromatic nitrogens is 2. The van der Waals surface area contributed by atoms with Crippen molar-refractivity contribution in [2.45, 2.75) is 6.42 Å². The van der Waals surface area contributed by atoms with Crippen molar-refractivity contribution in [3.05, 3.63) is 36.2 Å².